The summed E-state index contributed by atoms with van der Waals surface area (Å²) in [6.07, 6.45) is 4.37. The van der Waals surface area contributed by atoms with Crippen molar-refractivity contribution in [1.82, 2.24) is 4.90 Å². The molecule has 1 fully saturated rings. The molecule has 108 valence electrons. The summed E-state index contributed by atoms with van der Waals surface area (Å²) in [5.74, 6) is 0. The number of likely N-dealkylation sites (tertiary alicyclic amines) is 1. The zero-order chi connectivity index (χ0) is 14.4. The number of anilines is 1. The van der Waals surface area contributed by atoms with Crippen LogP contribution in [0.4, 0.5) is 11.4 Å². The first-order valence-corrected chi connectivity index (χ1v) is 6.90. The molecule has 6 nitrogen and oxygen atoms in total. The molecule has 0 spiro atoms. The van der Waals surface area contributed by atoms with Crippen molar-refractivity contribution < 1.29 is 9.72 Å². The number of piperidine rings is 1. The van der Waals surface area contributed by atoms with Crippen molar-refractivity contribution in [2.45, 2.75) is 19.3 Å². The highest BCUT2D eigenvalue weighted by atomic mass is 16.6. The average molecular weight is 277 g/mol. The fourth-order valence-electron chi connectivity index (χ4n) is 2.45. The molecule has 1 aromatic carbocycles. The SMILES string of the molecule is O=Cc1ccc(NCCN2CCCCC2)c([N+](=O)[O-])c1. The molecule has 0 unspecified atom stereocenters. The molecular weight excluding hydrogens is 258 g/mol. The third kappa shape index (κ3) is 3.77. The summed E-state index contributed by atoms with van der Waals surface area (Å²) >= 11 is 0. The van der Waals surface area contributed by atoms with Crippen LogP contribution in [0.25, 0.3) is 0 Å². The van der Waals surface area contributed by atoms with Crippen molar-refractivity contribution >= 4 is 17.7 Å². The molecule has 0 aromatic heterocycles. The number of hydrogen-bond acceptors (Lipinski definition) is 5. The van der Waals surface area contributed by atoms with E-state index in [1.165, 1.54) is 25.3 Å². The molecule has 1 heterocycles. The minimum atomic E-state index is -0.462. The van der Waals surface area contributed by atoms with E-state index in [0.29, 0.717) is 24.1 Å². The Kier molecular flexibility index (Phi) is 5.06. The maximum Gasteiger partial charge on any atom is 0.293 e. The van der Waals surface area contributed by atoms with Crippen LogP contribution in [0.5, 0.6) is 0 Å². The van der Waals surface area contributed by atoms with Crippen molar-refractivity contribution in [3.05, 3.63) is 33.9 Å². The van der Waals surface area contributed by atoms with Crippen molar-refractivity contribution in [3.8, 4) is 0 Å². The maximum absolute atomic E-state index is 11.0. The minimum Gasteiger partial charge on any atom is -0.378 e. The first-order chi connectivity index (χ1) is 9.70. The third-order valence-electron chi connectivity index (χ3n) is 3.55. The van der Waals surface area contributed by atoms with Crippen LogP contribution in [0.2, 0.25) is 0 Å². The van der Waals surface area contributed by atoms with E-state index in [9.17, 15) is 14.9 Å². The zero-order valence-corrected chi connectivity index (χ0v) is 11.4. The lowest BCUT2D eigenvalue weighted by Crippen LogP contribution is -2.33. The third-order valence-corrected chi connectivity index (χ3v) is 3.55. The molecule has 0 atom stereocenters. The number of aldehydes is 1. The van der Waals surface area contributed by atoms with Crippen LogP contribution in [0.3, 0.4) is 0 Å². The normalized spacial score (nSPS) is 15.8. The van der Waals surface area contributed by atoms with Crippen molar-refractivity contribution in [1.29, 1.82) is 0 Å². The van der Waals surface area contributed by atoms with E-state index in [2.05, 4.69) is 10.2 Å². The van der Waals surface area contributed by atoms with Crippen LogP contribution >= 0.6 is 0 Å². The van der Waals surface area contributed by atoms with E-state index >= 15 is 0 Å². The largest absolute Gasteiger partial charge is 0.378 e. The maximum atomic E-state index is 11.0. The predicted octanol–water partition coefficient (Wildman–Crippen LogP) is 2.31. The molecule has 20 heavy (non-hydrogen) atoms. The van der Waals surface area contributed by atoms with Crippen molar-refractivity contribution in [2.75, 3.05) is 31.5 Å². The average Bonchev–Trinajstić information content (AvgIpc) is 2.48. The van der Waals surface area contributed by atoms with Gasteiger partial charge in [-0.1, -0.05) is 6.42 Å². The second kappa shape index (κ2) is 7.00. The molecule has 0 aliphatic carbocycles. The minimum absolute atomic E-state index is 0.0479. The molecule has 6 heteroatoms. The Bertz CT molecular complexity index is 485. The number of carbonyl (C=O) groups excluding carboxylic acids is 1. The summed E-state index contributed by atoms with van der Waals surface area (Å²) in [5.41, 5.74) is 0.740. The highest BCUT2D eigenvalue weighted by molar-refractivity contribution is 5.79. The lowest BCUT2D eigenvalue weighted by Gasteiger charge is -2.26. The van der Waals surface area contributed by atoms with E-state index < -0.39 is 4.92 Å². The number of nitro groups is 1. The van der Waals surface area contributed by atoms with Gasteiger partial charge in [0.1, 0.15) is 12.0 Å². The molecule has 1 aromatic rings. The number of carbonyl (C=O) groups is 1. The number of hydrogen-bond donors (Lipinski definition) is 1. The van der Waals surface area contributed by atoms with Gasteiger partial charge in [0.05, 0.1) is 4.92 Å². The molecule has 1 aliphatic heterocycles. The van der Waals surface area contributed by atoms with Crippen LogP contribution in [0.1, 0.15) is 29.6 Å². The number of rotatable bonds is 6. The Labute approximate surface area is 117 Å². The Morgan fingerprint density at radius 2 is 2.05 bits per heavy atom. The topological polar surface area (TPSA) is 75.5 Å². The van der Waals surface area contributed by atoms with Gasteiger partial charge in [0, 0.05) is 24.7 Å². The van der Waals surface area contributed by atoms with E-state index in [0.717, 1.165) is 19.6 Å². The standard InChI is InChI=1S/C14H19N3O3/c18-11-12-4-5-13(14(10-12)17(19)20)15-6-9-16-7-2-1-3-8-16/h4-5,10-11,15H,1-3,6-9H2. The van der Waals surface area contributed by atoms with E-state index in [-0.39, 0.29) is 5.69 Å². The highest BCUT2D eigenvalue weighted by Gasteiger charge is 2.15. The molecular formula is C14H19N3O3. The van der Waals surface area contributed by atoms with Gasteiger partial charge in [-0.25, -0.2) is 0 Å². The number of benzene rings is 1. The van der Waals surface area contributed by atoms with Crippen molar-refractivity contribution in [2.24, 2.45) is 0 Å². The number of nitrogens with one attached hydrogen (secondary N) is 1. The fourth-order valence-corrected chi connectivity index (χ4v) is 2.45. The summed E-state index contributed by atoms with van der Waals surface area (Å²) in [7, 11) is 0. The second-order valence-electron chi connectivity index (χ2n) is 4.98. The van der Waals surface area contributed by atoms with Crippen LogP contribution in [0.15, 0.2) is 18.2 Å². The quantitative estimate of drug-likeness (QED) is 0.490. The lowest BCUT2D eigenvalue weighted by atomic mass is 10.1. The second-order valence-corrected chi connectivity index (χ2v) is 4.98. The predicted molar refractivity (Wildman–Crippen MR) is 77.3 cm³/mol. The molecule has 1 N–H and O–H groups in total. The van der Waals surface area contributed by atoms with E-state index in [1.807, 2.05) is 0 Å². The van der Waals surface area contributed by atoms with Gasteiger partial charge < -0.3 is 10.2 Å². The van der Waals surface area contributed by atoms with Crippen LogP contribution < -0.4 is 5.32 Å². The van der Waals surface area contributed by atoms with Gasteiger partial charge in [-0.2, -0.15) is 0 Å². The van der Waals surface area contributed by atoms with Gasteiger partial charge in [-0.3, -0.25) is 14.9 Å². The molecule has 0 saturated carbocycles. The smallest absolute Gasteiger partial charge is 0.293 e. The fraction of sp³-hybridized carbons (Fsp3) is 0.500. The van der Waals surface area contributed by atoms with Crippen LogP contribution in [-0.2, 0) is 0 Å². The van der Waals surface area contributed by atoms with Crippen LogP contribution in [-0.4, -0.2) is 42.3 Å². The van der Waals surface area contributed by atoms with E-state index in [1.54, 1.807) is 12.1 Å². The molecule has 0 bridgehead atoms. The van der Waals surface area contributed by atoms with Crippen LogP contribution in [0, 0.1) is 10.1 Å². The summed E-state index contributed by atoms with van der Waals surface area (Å²) in [6.45, 7) is 3.76. The Morgan fingerprint density at radius 3 is 2.70 bits per heavy atom. The summed E-state index contributed by atoms with van der Waals surface area (Å²) in [6, 6.07) is 4.48. The lowest BCUT2D eigenvalue weighted by molar-refractivity contribution is -0.384. The number of nitro benzene ring substituents is 1. The van der Waals surface area contributed by atoms with Gasteiger partial charge in [0.15, 0.2) is 0 Å². The van der Waals surface area contributed by atoms with Gasteiger partial charge in [-0.05, 0) is 38.1 Å². The molecule has 2 rings (SSSR count). The molecule has 0 radical (unpaired) electrons. The first-order valence-electron chi connectivity index (χ1n) is 6.90. The molecule has 1 aliphatic rings. The molecule has 0 amide bonds. The van der Waals surface area contributed by atoms with Gasteiger partial charge in [0.25, 0.3) is 5.69 Å². The number of nitrogens with zero attached hydrogens (tertiary/aromatic N) is 2. The first kappa shape index (κ1) is 14.5. The summed E-state index contributed by atoms with van der Waals surface area (Å²) < 4.78 is 0. The Morgan fingerprint density at radius 1 is 1.30 bits per heavy atom. The van der Waals surface area contributed by atoms with Gasteiger partial charge in [0.2, 0.25) is 0 Å². The highest BCUT2D eigenvalue weighted by Crippen LogP contribution is 2.24. The summed E-state index contributed by atoms with van der Waals surface area (Å²) in [4.78, 5) is 23.6. The Hall–Kier alpha value is -1.95. The van der Waals surface area contributed by atoms with Gasteiger partial charge >= 0.3 is 0 Å². The van der Waals surface area contributed by atoms with Crippen molar-refractivity contribution in [3.63, 3.8) is 0 Å². The Balaban J connectivity index is 1.94. The molecule has 1 saturated heterocycles. The monoisotopic (exact) mass is 277 g/mol. The van der Waals surface area contributed by atoms with E-state index in [4.69, 9.17) is 0 Å². The summed E-state index contributed by atoms with van der Waals surface area (Å²) in [5, 5.41) is 14.1. The van der Waals surface area contributed by atoms with Gasteiger partial charge in [-0.15, -0.1) is 0 Å². The zero-order valence-electron chi connectivity index (χ0n) is 11.4.